The number of nitrogens with zero attached hydrogens (tertiary/aromatic N) is 3. The predicted molar refractivity (Wildman–Crippen MR) is 75.7 cm³/mol. The Morgan fingerprint density at radius 1 is 1.37 bits per heavy atom. The molecular weight excluding hydrogens is 236 g/mol. The van der Waals surface area contributed by atoms with Crippen LogP contribution in [0.25, 0.3) is 0 Å². The molecule has 98 valence electrons. The van der Waals surface area contributed by atoms with Crippen LogP contribution in [-0.2, 0) is 13.1 Å². The summed E-state index contributed by atoms with van der Waals surface area (Å²) in [5.41, 5.74) is 3.72. The first-order valence-corrected chi connectivity index (χ1v) is 6.50. The molecule has 4 heteroatoms. The molecule has 0 atom stereocenters. The average molecular weight is 254 g/mol. The van der Waals surface area contributed by atoms with Crippen molar-refractivity contribution in [3.05, 3.63) is 47.3 Å². The number of hydrogen-bond acceptors (Lipinski definition) is 3. The zero-order valence-corrected chi connectivity index (χ0v) is 11.3. The molecule has 0 fully saturated rings. The molecule has 19 heavy (non-hydrogen) atoms. The van der Waals surface area contributed by atoms with E-state index in [1.54, 1.807) is 0 Å². The Morgan fingerprint density at radius 3 is 2.95 bits per heavy atom. The smallest absolute Gasteiger partial charge is 0.102 e. The highest BCUT2D eigenvalue weighted by Crippen LogP contribution is 2.19. The number of hydrogen-bond donors (Lipinski definition) is 1. The van der Waals surface area contributed by atoms with Crippen molar-refractivity contribution in [2.75, 3.05) is 5.32 Å². The molecule has 1 aromatic heterocycles. The van der Waals surface area contributed by atoms with Crippen molar-refractivity contribution in [2.45, 2.75) is 33.4 Å². The summed E-state index contributed by atoms with van der Waals surface area (Å²) in [5, 5.41) is 16.8. The number of rotatable bonds is 5. The summed E-state index contributed by atoms with van der Waals surface area (Å²) in [6.45, 7) is 5.68. The molecule has 1 heterocycles. The van der Waals surface area contributed by atoms with Gasteiger partial charge in [-0.2, -0.15) is 10.4 Å². The van der Waals surface area contributed by atoms with Gasteiger partial charge in [-0.1, -0.05) is 19.1 Å². The fourth-order valence-corrected chi connectivity index (χ4v) is 2.07. The minimum absolute atomic E-state index is 0.679. The number of benzene rings is 1. The quantitative estimate of drug-likeness (QED) is 0.892. The molecule has 0 aliphatic rings. The standard InChI is InChI=1S/C15H18N4/c1-3-9-19-13(7-8-18-19)11-17-15-6-4-5-12(2)14(15)10-16/h4-8,17H,3,9,11H2,1-2H3. The van der Waals surface area contributed by atoms with Gasteiger partial charge in [-0.25, -0.2) is 0 Å². The second kappa shape index (κ2) is 6.05. The lowest BCUT2D eigenvalue weighted by Crippen LogP contribution is -2.09. The number of aromatic nitrogens is 2. The Hall–Kier alpha value is -2.28. The third kappa shape index (κ3) is 2.94. The zero-order valence-electron chi connectivity index (χ0n) is 11.3. The summed E-state index contributed by atoms with van der Waals surface area (Å²) in [6, 6.07) is 10.1. The Labute approximate surface area is 113 Å². The van der Waals surface area contributed by atoms with Crippen LogP contribution in [-0.4, -0.2) is 9.78 Å². The van der Waals surface area contributed by atoms with Crippen LogP contribution in [0.4, 0.5) is 5.69 Å². The van der Waals surface area contributed by atoms with Crippen molar-refractivity contribution in [2.24, 2.45) is 0 Å². The van der Waals surface area contributed by atoms with Crippen molar-refractivity contribution in [1.82, 2.24) is 9.78 Å². The van der Waals surface area contributed by atoms with Gasteiger partial charge in [-0.15, -0.1) is 0 Å². The molecule has 0 bridgehead atoms. The normalized spacial score (nSPS) is 10.2. The van der Waals surface area contributed by atoms with Gasteiger partial charge in [0.2, 0.25) is 0 Å². The highest BCUT2D eigenvalue weighted by Gasteiger charge is 2.06. The molecule has 0 saturated carbocycles. The van der Waals surface area contributed by atoms with Crippen molar-refractivity contribution in [1.29, 1.82) is 5.26 Å². The summed E-state index contributed by atoms with van der Waals surface area (Å²) in [4.78, 5) is 0. The van der Waals surface area contributed by atoms with E-state index in [1.807, 2.05) is 42.1 Å². The lowest BCUT2D eigenvalue weighted by Gasteiger charge is -2.11. The van der Waals surface area contributed by atoms with Crippen LogP contribution < -0.4 is 5.32 Å². The highest BCUT2D eigenvalue weighted by atomic mass is 15.3. The third-order valence-electron chi connectivity index (χ3n) is 3.08. The van der Waals surface area contributed by atoms with Gasteiger partial charge in [0.1, 0.15) is 6.07 Å². The fraction of sp³-hybridized carbons (Fsp3) is 0.333. The number of aryl methyl sites for hydroxylation is 2. The molecule has 1 N–H and O–H groups in total. The number of anilines is 1. The molecule has 0 aliphatic heterocycles. The largest absolute Gasteiger partial charge is 0.378 e. The van der Waals surface area contributed by atoms with Gasteiger partial charge in [0.15, 0.2) is 0 Å². The first-order valence-electron chi connectivity index (χ1n) is 6.50. The van der Waals surface area contributed by atoms with Gasteiger partial charge >= 0.3 is 0 Å². The second-order valence-corrected chi connectivity index (χ2v) is 4.51. The Morgan fingerprint density at radius 2 is 2.21 bits per heavy atom. The Kier molecular flexibility index (Phi) is 4.19. The lowest BCUT2D eigenvalue weighted by molar-refractivity contribution is 0.578. The molecular formula is C15H18N4. The Balaban J connectivity index is 2.13. The van der Waals surface area contributed by atoms with E-state index in [9.17, 15) is 5.26 Å². The SMILES string of the molecule is CCCn1nccc1CNc1cccc(C)c1C#N. The van der Waals surface area contributed by atoms with Crippen molar-refractivity contribution < 1.29 is 0 Å². The van der Waals surface area contributed by atoms with E-state index in [1.165, 1.54) is 0 Å². The topological polar surface area (TPSA) is 53.6 Å². The maximum absolute atomic E-state index is 9.19. The summed E-state index contributed by atoms with van der Waals surface area (Å²) in [5.74, 6) is 0. The van der Waals surface area contributed by atoms with E-state index >= 15 is 0 Å². The van der Waals surface area contributed by atoms with Crippen LogP contribution in [0.1, 0.15) is 30.2 Å². The van der Waals surface area contributed by atoms with E-state index in [2.05, 4.69) is 23.4 Å². The summed E-state index contributed by atoms with van der Waals surface area (Å²) >= 11 is 0. The minimum Gasteiger partial charge on any atom is -0.378 e. The second-order valence-electron chi connectivity index (χ2n) is 4.51. The van der Waals surface area contributed by atoms with E-state index in [0.29, 0.717) is 12.1 Å². The van der Waals surface area contributed by atoms with Crippen LogP contribution >= 0.6 is 0 Å². The minimum atomic E-state index is 0.679. The van der Waals surface area contributed by atoms with Gasteiger partial charge in [-0.05, 0) is 31.0 Å². The molecule has 0 amide bonds. The van der Waals surface area contributed by atoms with E-state index in [4.69, 9.17) is 0 Å². The molecule has 0 spiro atoms. The first kappa shape index (κ1) is 13.2. The average Bonchev–Trinajstić information content (AvgIpc) is 2.84. The van der Waals surface area contributed by atoms with E-state index in [-0.39, 0.29) is 0 Å². The van der Waals surface area contributed by atoms with Gasteiger partial charge < -0.3 is 5.32 Å². The van der Waals surface area contributed by atoms with Crippen LogP contribution in [0.5, 0.6) is 0 Å². The van der Waals surface area contributed by atoms with Crippen LogP contribution in [0, 0.1) is 18.3 Å². The Bertz CT molecular complexity index is 592. The van der Waals surface area contributed by atoms with Gasteiger partial charge in [-0.3, -0.25) is 4.68 Å². The fourth-order valence-electron chi connectivity index (χ4n) is 2.07. The zero-order chi connectivity index (χ0) is 13.7. The van der Waals surface area contributed by atoms with Crippen LogP contribution in [0.3, 0.4) is 0 Å². The maximum atomic E-state index is 9.19. The molecule has 2 rings (SSSR count). The molecule has 1 aromatic carbocycles. The molecule has 0 aliphatic carbocycles. The summed E-state index contributed by atoms with van der Waals surface area (Å²) in [7, 11) is 0. The van der Waals surface area contributed by atoms with Crippen molar-refractivity contribution in [3.8, 4) is 6.07 Å². The molecule has 0 saturated heterocycles. The van der Waals surface area contributed by atoms with Crippen LogP contribution in [0.15, 0.2) is 30.5 Å². The van der Waals surface area contributed by atoms with Gasteiger partial charge in [0.05, 0.1) is 23.5 Å². The van der Waals surface area contributed by atoms with Crippen molar-refractivity contribution >= 4 is 5.69 Å². The molecule has 0 radical (unpaired) electrons. The first-order chi connectivity index (χ1) is 9.26. The van der Waals surface area contributed by atoms with Gasteiger partial charge in [0, 0.05) is 12.7 Å². The summed E-state index contributed by atoms with van der Waals surface area (Å²) in [6.07, 6.45) is 2.87. The summed E-state index contributed by atoms with van der Waals surface area (Å²) < 4.78 is 1.99. The van der Waals surface area contributed by atoms with Gasteiger partial charge in [0.25, 0.3) is 0 Å². The molecule has 2 aromatic rings. The third-order valence-corrected chi connectivity index (χ3v) is 3.08. The molecule has 4 nitrogen and oxygen atoms in total. The maximum Gasteiger partial charge on any atom is 0.102 e. The van der Waals surface area contributed by atoms with E-state index < -0.39 is 0 Å². The van der Waals surface area contributed by atoms with Crippen LogP contribution in [0.2, 0.25) is 0 Å². The lowest BCUT2D eigenvalue weighted by atomic mass is 10.1. The number of nitrogens with one attached hydrogen (secondary N) is 1. The van der Waals surface area contributed by atoms with Crippen molar-refractivity contribution in [3.63, 3.8) is 0 Å². The molecule has 0 unspecified atom stereocenters. The highest BCUT2D eigenvalue weighted by molar-refractivity contribution is 5.60. The number of nitriles is 1. The van der Waals surface area contributed by atoms with E-state index in [0.717, 1.165) is 29.9 Å². The monoisotopic (exact) mass is 254 g/mol. The predicted octanol–water partition coefficient (Wildman–Crippen LogP) is 3.09.